The number of aromatic nitrogens is 3. The van der Waals surface area contributed by atoms with E-state index in [1.807, 2.05) is 6.92 Å². The lowest BCUT2D eigenvalue weighted by molar-refractivity contribution is -0.165. The monoisotopic (exact) mass is 415 g/mol. The molecule has 0 aliphatic heterocycles. The Balaban J connectivity index is 1.33. The van der Waals surface area contributed by atoms with Crippen molar-refractivity contribution < 1.29 is 14.6 Å². The Kier molecular flexibility index (Phi) is 5.09. The van der Waals surface area contributed by atoms with Crippen LogP contribution in [0.3, 0.4) is 0 Å². The highest BCUT2D eigenvalue weighted by Crippen LogP contribution is 2.64. The molecule has 0 radical (unpaired) electrons. The van der Waals surface area contributed by atoms with E-state index in [0.29, 0.717) is 30.1 Å². The summed E-state index contributed by atoms with van der Waals surface area (Å²) in [5.41, 5.74) is -0.573. The second-order valence-corrected chi connectivity index (χ2v) is 11.2. The number of methoxy groups -OCH3 is 1. The van der Waals surface area contributed by atoms with Crippen LogP contribution >= 0.6 is 0 Å². The van der Waals surface area contributed by atoms with Crippen LogP contribution in [0, 0.1) is 40.9 Å². The minimum Gasteiger partial charge on any atom is -0.387 e. The second-order valence-electron chi connectivity index (χ2n) is 11.2. The highest BCUT2D eigenvalue weighted by molar-refractivity contribution is 5.81. The van der Waals surface area contributed by atoms with E-state index >= 15 is 0 Å². The lowest BCUT2D eigenvalue weighted by Gasteiger charge is -2.57. The van der Waals surface area contributed by atoms with Gasteiger partial charge in [-0.2, -0.15) is 15.0 Å². The first-order valence-electron chi connectivity index (χ1n) is 12.0. The summed E-state index contributed by atoms with van der Waals surface area (Å²) in [7, 11) is 1.75. The van der Waals surface area contributed by atoms with Gasteiger partial charge in [-0.1, -0.05) is 6.92 Å². The maximum atomic E-state index is 13.2. The number of nitrogens with zero attached hydrogens (tertiary/aromatic N) is 3. The average Bonchev–Trinajstić information content (AvgIpc) is 3.33. The number of hydrogen-bond donors (Lipinski definition) is 1. The van der Waals surface area contributed by atoms with Crippen molar-refractivity contribution in [1.29, 1.82) is 0 Å². The summed E-state index contributed by atoms with van der Waals surface area (Å²) in [6.45, 7) is 4.67. The fourth-order valence-corrected chi connectivity index (χ4v) is 8.47. The van der Waals surface area contributed by atoms with E-state index < -0.39 is 5.60 Å². The third-order valence-electron chi connectivity index (χ3n) is 9.81. The van der Waals surface area contributed by atoms with Gasteiger partial charge in [-0.3, -0.25) is 4.79 Å². The molecule has 4 fully saturated rings. The number of Topliss-reactive ketones (excluding diaryl/α,β-unsaturated/α-hetero) is 1. The average molecular weight is 416 g/mol. The van der Waals surface area contributed by atoms with Crippen LogP contribution in [0.1, 0.15) is 65.2 Å². The van der Waals surface area contributed by atoms with Crippen LogP contribution in [-0.2, 0) is 16.1 Å². The lowest BCUT2D eigenvalue weighted by atomic mass is 9.48. The molecule has 4 aliphatic rings. The van der Waals surface area contributed by atoms with Crippen LogP contribution in [0.25, 0.3) is 0 Å². The molecule has 166 valence electrons. The summed E-state index contributed by atoms with van der Waals surface area (Å²) >= 11 is 0. The maximum Gasteiger partial charge on any atom is 0.159 e. The van der Waals surface area contributed by atoms with Gasteiger partial charge in [-0.15, -0.1) is 0 Å². The molecular formula is C24H37N3O3. The SMILES string of the molecule is CO[C@H]1C[C@H]2[C@@H](CC[C@@H]3[C@@H]2CC[C@]2(C)[C@@H](C(=O)Cn4nccn4)CC[C@@H]32)C[C@]1(C)O. The molecule has 1 heterocycles. The molecule has 30 heavy (non-hydrogen) atoms. The summed E-state index contributed by atoms with van der Waals surface area (Å²) < 4.78 is 5.73. The number of hydrogen-bond acceptors (Lipinski definition) is 5. The number of carbonyl (C=O) groups excluding carboxylic acids is 1. The zero-order valence-electron chi connectivity index (χ0n) is 18.7. The van der Waals surface area contributed by atoms with Crippen LogP contribution in [0.5, 0.6) is 0 Å². The van der Waals surface area contributed by atoms with E-state index in [9.17, 15) is 9.90 Å². The van der Waals surface area contributed by atoms with Gasteiger partial charge >= 0.3 is 0 Å². The van der Waals surface area contributed by atoms with Gasteiger partial charge in [0.25, 0.3) is 0 Å². The number of carbonyl (C=O) groups is 1. The number of ketones is 1. The van der Waals surface area contributed by atoms with Gasteiger partial charge in [0.05, 0.1) is 24.1 Å². The molecule has 0 amide bonds. The molecule has 9 atom stereocenters. The van der Waals surface area contributed by atoms with E-state index in [4.69, 9.17) is 4.74 Å². The van der Waals surface area contributed by atoms with Gasteiger partial charge in [0.2, 0.25) is 0 Å². The standard InChI is InChI=1S/C24H37N3O3/c1-23-9-8-16-17(5-4-15-13-24(2,29)22(30-3)12-18(15)16)19(23)6-7-20(23)21(28)14-27-25-10-11-26-27/h10-11,15-20,22,29H,4-9,12-14H2,1-3H3/t15-,16-,17+,18-,19-,20+,22-,23-,24-/m0/s1. The third kappa shape index (κ3) is 3.17. The zero-order valence-corrected chi connectivity index (χ0v) is 18.7. The smallest absolute Gasteiger partial charge is 0.159 e. The fraction of sp³-hybridized carbons (Fsp3) is 0.875. The number of aliphatic hydroxyl groups is 1. The van der Waals surface area contributed by atoms with Gasteiger partial charge in [0.15, 0.2) is 5.78 Å². The van der Waals surface area contributed by atoms with Gasteiger partial charge in [-0.05, 0) is 93.3 Å². The van der Waals surface area contributed by atoms with Crippen molar-refractivity contribution >= 4 is 5.78 Å². The van der Waals surface area contributed by atoms with E-state index in [1.54, 1.807) is 19.5 Å². The predicted octanol–water partition coefficient (Wildman–Crippen LogP) is 3.49. The molecule has 0 saturated heterocycles. The molecule has 0 bridgehead atoms. The van der Waals surface area contributed by atoms with Gasteiger partial charge < -0.3 is 9.84 Å². The molecule has 0 aromatic carbocycles. The van der Waals surface area contributed by atoms with Crippen LogP contribution in [0.15, 0.2) is 12.4 Å². The van der Waals surface area contributed by atoms with E-state index in [2.05, 4.69) is 17.1 Å². The van der Waals surface area contributed by atoms with Crippen molar-refractivity contribution in [3.05, 3.63) is 12.4 Å². The molecule has 6 nitrogen and oxygen atoms in total. The molecule has 1 aromatic rings. The summed E-state index contributed by atoms with van der Waals surface area (Å²) in [5.74, 6) is 3.87. The maximum absolute atomic E-state index is 13.2. The van der Waals surface area contributed by atoms with Crippen molar-refractivity contribution in [2.45, 2.75) is 83.5 Å². The fourth-order valence-electron chi connectivity index (χ4n) is 8.47. The summed E-state index contributed by atoms with van der Waals surface area (Å²) in [5, 5.41) is 19.2. The first kappa shape index (κ1) is 20.6. The van der Waals surface area contributed by atoms with E-state index in [1.165, 1.54) is 30.5 Å². The van der Waals surface area contributed by atoms with Crippen molar-refractivity contribution in [3.8, 4) is 0 Å². The third-order valence-corrected chi connectivity index (χ3v) is 9.81. The number of rotatable bonds is 4. The van der Waals surface area contributed by atoms with Crippen molar-refractivity contribution in [1.82, 2.24) is 15.0 Å². The first-order valence-corrected chi connectivity index (χ1v) is 12.0. The summed E-state index contributed by atoms with van der Waals surface area (Å²) in [6, 6.07) is 0. The van der Waals surface area contributed by atoms with Crippen LogP contribution in [0.4, 0.5) is 0 Å². The second kappa shape index (κ2) is 7.40. The Hall–Kier alpha value is -1.27. The summed E-state index contributed by atoms with van der Waals surface area (Å²) in [4.78, 5) is 14.7. The Morgan fingerprint density at radius 1 is 1.10 bits per heavy atom. The lowest BCUT2D eigenvalue weighted by Crippen LogP contribution is -2.55. The van der Waals surface area contributed by atoms with Gasteiger partial charge in [-0.25, -0.2) is 0 Å². The Bertz CT molecular complexity index is 779. The van der Waals surface area contributed by atoms with Crippen LogP contribution in [0.2, 0.25) is 0 Å². The van der Waals surface area contributed by atoms with E-state index in [-0.39, 0.29) is 17.4 Å². The van der Waals surface area contributed by atoms with Gasteiger partial charge in [0.1, 0.15) is 6.54 Å². The first-order chi connectivity index (χ1) is 14.3. The predicted molar refractivity (Wildman–Crippen MR) is 112 cm³/mol. The topological polar surface area (TPSA) is 77.2 Å². The minimum atomic E-state index is -0.697. The molecule has 4 saturated carbocycles. The minimum absolute atomic E-state index is 0.0507. The Morgan fingerprint density at radius 2 is 1.87 bits per heavy atom. The normalized spacial score (nSPS) is 47.9. The van der Waals surface area contributed by atoms with Crippen molar-refractivity contribution in [2.75, 3.05) is 7.11 Å². The Morgan fingerprint density at radius 3 is 2.60 bits per heavy atom. The van der Waals surface area contributed by atoms with Crippen molar-refractivity contribution in [2.24, 2.45) is 40.9 Å². The zero-order chi connectivity index (χ0) is 21.1. The molecule has 1 aromatic heterocycles. The molecule has 4 aliphatic carbocycles. The summed E-state index contributed by atoms with van der Waals surface area (Å²) in [6.07, 6.45) is 12.2. The number of fused-ring (bicyclic) bond motifs is 5. The highest BCUT2D eigenvalue weighted by Gasteiger charge is 2.59. The van der Waals surface area contributed by atoms with Crippen molar-refractivity contribution in [3.63, 3.8) is 0 Å². The van der Waals surface area contributed by atoms with Crippen LogP contribution < -0.4 is 0 Å². The van der Waals surface area contributed by atoms with Crippen LogP contribution in [-0.4, -0.2) is 44.7 Å². The molecular weight excluding hydrogens is 378 g/mol. The molecule has 0 spiro atoms. The molecule has 0 unspecified atom stereocenters. The molecule has 6 heteroatoms. The largest absolute Gasteiger partial charge is 0.387 e. The number of ether oxygens (including phenoxy) is 1. The van der Waals surface area contributed by atoms with Gasteiger partial charge in [0, 0.05) is 13.0 Å². The molecule has 5 rings (SSSR count). The molecule has 1 N–H and O–H groups in total. The van der Waals surface area contributed by atoms with E-state index in [0.717, 1.165) is 37.5 Å². The quantitative estimate of drug-likeness (QED) is 0.814. The highest BCUT2D eigenvalue weighted by atomic mass is 16.5. The Labute approximate surface area is 179 Å².